The number of hydrogen-bond donors (Lipinski definition) is 3. The summed E-state index contributed by atoms with van der Waals surface area (Å²) in [6.45, 7) is 0. The first kappa shape index (κ1) is 8.71. The maximum Gasteiger partial charge on any atom is 0.338 e. The molecule has 0 aliphatic heterocycles. The number of H-pyrrole nitrogens is 1. The van der Waals surface area contributed by atoms with E-state index in [1.165, 1.54) is 0 Å². The molecule has 3 N–H and O–H groups in total. The fraction of sp³-hybridized carbons (Fsp3) is 0.111. The number of aromatic nitrogens is 2. The van der Waals surface area contributed by atoms with Gasteiger partial charge in [-0.05, 0) is 6.07 Å². The van der Waals surface area contributed by atoms with Crippen LogP contribution in [0.15, 0.2) is 24.3 Å². The summed E-state index contributed by atoms with van der Waals surface area (Å²) in [6.07, 6.45) is -1.55. The minimum Gasteiger partial charge on any atom is -0.479 e. The van der Waals surface area contributed by atoms with Crippen LogP contribution in [0.2, 0.25) is 0 Å². The normalized spacial score (nSPS) is 12.9. The van der Waals surface area contributed by atoms with Gasteiger partial charge in [0.05, 0.1) is 11.2 Å². The SMILES string of the molecule is O=C(O)C(O)c1[nH]nc2ccccc12. The minimum atomic E-state index is -1.55. The largest absolute Gasteiger partial charge is 0.479 e. The van der Waals surface area contributed by atoms with E-state index in [0.717, 1.165) is 0 Å². The fourth-order valence-electron chi connectivity index (χ4n) is 1.31. The highest BCUT2D eigenvalue weighted by atomic mass is 16.4. The number of aromatic amines is 1. The Balaban J connectivity index is 2.58. The Morgan fingerprint density at radius 1 is 1.43 bits per heavy atom. The molecule has 0 aliphatic rings. The number of nitrogens with one attached hydrogen (secondary N) is 1. The van der Waals surface area contributed by atoms with Crippen molar-refractivity contribution in [1.29, 1.82) is 0 Å². The third-order valence-corrected chi connectivity index (χ3v) is 2.00. The number of benzene rings is 1. The first-order valence-corrected chi connectivity index (χ1v) is 4.04. The second-order valence-corrected chi connectivity index (χ2v) is 2.90. The van der Waals surface area contributed by atoms with Crippen molar-refractivity contribution in [2.45, 2.75) is 6.10 Å². The molecule has 2 rings (SSSR count). The molecule has 0 amide bonds. The van der Waals surface area contributed by atoms with Crippen molar-refractivity contribution < 1.29 is 15.0 Å². The molecule has 1 unspecified atom stereocenters. The zero-order valence-corrected chi connectivity index (χ0v) is 7.14. The molecule has 14 heavy (non-hydrogen) atoms. The highest BCUT2D eigenvalue weighted by Crippen LogP contribution is 2.21. The Bertz CT molecular complexity index is 478. The Hall–Kier alpha value is -1.88. The fourth-order valence-corrected chi connectivity index (χ4v) is 1.31. The third-order valence-electron chi connectivity index (χ3n) is 2.00. The standard InChI is InChI=1S/C9H8N2O3/c12-8(9(13)14)7-5-3-1-2-4-6(5)10-11-7/h1-4,8,12H,(H,10,11)(H,13,14). The van der Waals surface area contributed by atoms with Gasteiger partial charge in [-0.2, -0.15) is 5.10 Å². The third kappa shape index (κ3) is 1.23. The van der Waals surface area contributed by atoms with Gasteiger partial charge in [0.2, 0.25) is 0 Å². The molecule has 2 aromatic rings. The molecule has 0 bridgehead atoms. The minimum absolute atomic E-state index is 0.216. The monoisotopic (exact) mass is 192 g/mol. The molecule has 1 heterocycles. The Morgan fingerprint density at radius 2 is 2.14 bits per heavy atom. The van der Waals surface area contributed by atoms with Crippen LogP contribution in [0.3, 0.4) is 0 Å². The van der Waals surface area contributed by atoms with Crippen LogP contribution < -0.4 is 0 Å². The number of hydrogen-bond acceptors (Lipinski definition) is 3. The van der Waals surface area contributed by atoms with E-state index in [0.29, 0.717) is 10.9 Å². The molecule has 5 heteroatoms. The van der Waals surface area contributed by atoms with Crippen molar-refractivity contribution in [1.82, 2.24) is 10.2 Å². The molecule has 0 saturated carbocycles. The summed E-state index contributed by atoms with van der Waals surface area (Å²) in [5.74, 6) is -1.29. The van der Waals surface area contributed by atoms with Crippen molar-refractivity contribution in [2.75, 3.05) is 0 Å². The van der Waals surface area contributed by atoms with E-state index < -0.39 is 12.1 Å². The van der Waals surface area contributed by atoms with E-state index in [9.17, 15) is 9.90 Å². The Labute approximate surface area is 79.0 Å². The summed E-state index contributed by atoms with van der Waals surface area (Å²) in [4.78, 5) is 10.5. The highest BCUT2D eigenvalue weighted by molar-refractivity contribution is 5.86. The van der Waals surface area contributed by atoms with E-state index in [1.54, 1.807) is 24.3 Å². The van der Waals surface area contributed by atoms with Gasteiger partial charge in [-0.25, -0.2) is 4.79 Å². The lowest BCUT2D eigenvalue weighted by atomic mass is 10.1. The number of aliphatic hydroxyl groups is 1. The number of nitrogens with zero attached hydrogens (tertiary/aromatic N) is 1. The van der Waals surface area contributed by atoms with Gasteiger partial charge in [0.1, 0.15) is 0 Å². The first-order valence-electron chi connectivity index (χ1n) is 4.04. The van der Waals surface area contributed by atoms with Gasteiger partial charge in [0.15, 0.2) is 6.10 Å². The summed E-state index contributed by atoms with van der Waals surface area (Å²) in [7, 11) is 0. The smallest absolute Gasteiger partial charge is 0.338 e. The summed E-state index contributed by atoms with van der Waals surface area (Å²) in [6, 6.07) is 7.00. The summed E-state index contributed by atoms with van der Waals surface area (Å²) in [5, 5.41) is 24.9. The average molecular weight is 192 g/mol. The van der Waals surface area contributed by atoms with Crippen molar-refractivity contribution in [3.05, 3.63) is 30.0 Å². The number of carbonyl (C=O) groups is 1. The van der Waals surface area contributed by atoms with Crippen LogP contribution >= 0.6 is 0 Å². The zero-order chi connectivity index (χ0) is 10.1. The van der Waals surface area contributed by atoms with E-state index in [2.05, 4.69) is 10.2 Å². The molecular formula is C9H8N2O3. The van der Waals surface area contributed by atoms with Gasteiger partial charge < -0.3 is 10.2 Å². The second kappa shape index (κ2) is 3.12. The van der Waals surface area contributed by atoms with Gasteiger partial charge in [0.25, 0.3) is 0 Å². The number of fused-ring (bicyclic) bond motifs is 1. The van der Waals surface area contributed by atoms with Gasteiger partial charge in [-0.15, -0.1) is 0 Å². The zero-order valence-electron chi connectivity index (χ0n) is 7.14. The number of para-hydroxylation sites is 1. The van der Waals surface area contributed by atoms with E-state index >= 15 is 0 Å². The van der Waals surface area contributed by atoms with Crippen molar-refractivity contribution in [3.63, 3.8) is 0 Å². The van der Waals surface area contributed by atoms with E-state index in [1.807, 2.05) is 0 Å². The molecule has 5 nitrogen and oxygen atoms in total. The number of carboxylic acid groups (broad SMARTS) is 1. The van der Waals surface area contributed by atoms with Gasteiger partial charge in [-0.1, -0.05) is 18.2 Å². The molecule has 0 spiro atoms. The van der Waals surface area contributed by atoms with Crippen molar-refractivity contribution in [3.8, 4) is 0 Å². The quantitative estimate of drug-likeness (QED) is 0.653. The first-order chi connectivity index (χ1) is 6.70. The Morgan fingerprint density at radius 3 is 2.86 bits per heavy atom. The molecule has 72 valence electrons. The van der Waals surface area contributed by atoms with Crippen molar-refractivity contribution in [2.24, 2.45) is 0 Å². The number of rotatable bonds is 2. The molecule has 1 aromatic heterocycles. The van der Waals surface area contributed by atoms with E-state index in [-0.39, 0.29) is 5.69 Å². The average Bonchev–Trinajstić information content (AvgIpc) is 2.60. The highest BCUT2D eigenvalue weighted by Gasteiger charge is 2.20. The van der Waals surface area contributed by atoms with Gasteiger partial charge >= 0.3 is 5.97 Å². The van der Waals surface area contributed by atoms with Crippen LogP contribution in [-0.2, 0) is 4.79 Å². The molecule has 1 aromatic carbocycles. The predicted octanol–water partition coefficient (Wildman–Crippen LogP) is 0.681. The van der Waals surface area contributed by atoms with E-state index in [4.69, 9.17) is 5.11 Å². The van der Waals surface area contributed by atoms with Crippen LogP contribution in [0.25, 0.3) is 10.9 Å². The van der Waals surface area contributed by atoms with Gasteiger partial charge in [0, 0.05) is 5.39 Å². The van der Waals surface area contributed by atoms with Crippen LogP contribution in [0.4, 0.5) is 0 Å². The van der Waals surface area contributed by atoms with Gasteiger partial charge in [-0.3, -0.25) is 5.10 Å². The van der Waals surface area contributed by atoms with Crippen LogP contribution in [0.1, 0.15) is 11.8 Å². The number of aliphatic hydroxyl groups excluding tert-OH is 1. The molecule has 0 aliphatic carbocycles. The van der Waals surface area contributed by atoms with Crippen molar-refractivity contribution >= 4 is 16.9 Å². The summed E-state index contributed by atoms with van der Waals surface area (Å²) >= 11 is 0. The molecule has 1 atom stereocenters. The maximum atomic E-state index is 10.5. The molecule has 0 saturated heterocycles. The molecular weight excluding hydrogens is 184 g/mol. The summed E-state index contributed by atoms with van der Waals surface area (Å²) in [5.41, 5.74) is 0.857. The maximum absolute atomic E-state index is 10.5. The molecule has 0 radical (unpaired) electrons. The Kier molecular flexibility index (Phi) is 1.94. The lowest BCUT2D eigenvalue weighted by Crippen LogP contribution is -2.11. The number of carboxylic acids is 1. The second-order valence-electron chi connectivity index (χ2n) is 2.90. The van der Waals surface area contributed by atoms with Crippen LogP contribution in [-0.4, -0.2) is 26.4 Å². The lowest BCUT2D eigenvalue weighted by Gasteiger charge is -2.01. The van der Waals surface area contributed by atoms with Crippen LogP contribution in [0.5, 0.6) is 0 Å². The molecule has 0 fully saturated rings. The summed E-state index contributed by atoms with van der Waals surface area (Å²) < 4.78 is 0. The lowest BCUT2D eigenvalue weighted by molar-refractivity contribution is -0.147. The predicted molar refractivity (Wildman–Crippen MR) is 48.7 cm³/mol. The topological polar surface area (TPSA) is 86.2 Å². The number of aliphatic carboxylic acids is 1. The van der Waals surface area contributed by atoms with Crippen LogP contribution in [0, 0.1) is 0 Å².